The Morgan fingerprint density at radius 3 is 2.72 bits per heavy atom. The summed E-state index contributed by atoms with van der Waals surface area (Å²) in [5, 5.41) is 4.17. The van der Waals surface area contributed by atoms with Gasteiger partial charge in [0.05, 0.1) is 12.3 Å². The van der Waals surface area contributed by atoms with E-state index in [-0.39, 0.29) is 0 Å². The molecule has 3 nitrogen and oxygen atoms in total. The van der Waals surface area contributed by atoms with Crippen LogP contribution in [0.25, 0.3) is 11.1 Å². The van der Waals surface area contributed by atoms with Crippen LogP contribution < -0.4 is 0 Å². The molecule has 0 unspecified atom stereocenters. The maximum Gasteiger partial charge on any atom is 0.350 e. The maximum absolute atomic E-state index is 11.6. The zero-order valence-corrected chi connectivity index (χ0v) is 11.2. The Labute approximate surface area is 114 Å². The minimum Gasteiger partial charge on any atom is -0.465 e. The molecule has 0 aliphatic carbocycles. The molecule has 0 saturated heterocycles. The molecule has 5 heteroatoms. The van der Waals surface area contributed by atoms with Gasteiger partial charge in [0.1, 0.15) is 10.6 Å². The number of ether oxygens (including phenoxy) is 1. The van der Waals surface area contributed by atoms with Crippen LogP contribution in [0.1, 0.15) is 9.67 Å². The van der Waals surface area contributed by atoms with E-state index < -0.39 is 5.97 Å². The van der Waals surface area contributed by atoms with E-state index in [2.05, 4.69) is 22.4 Å². The molecule has 2 aromatic rings. The van der Waals surface area contributed by atoms with Gasteiger partial charge in [-0.25, -0.2) is 4.79 Å². The van der Waals surface area contributed by atoms with Crippen LogP contribution in [-0.2, 0) is 4.74 Å². The van der Waals surface area contributed by atoms with Crippen molar-refractivity contribution in [1.29, 1.82) is 0 Å². The van der Waals surface area contributed by atoms with E-state index in [4.69, 9.17) is 4.74 Å². The number of aliphatic imine (C=N–C) groups is 1. The van der Waals surface area contributed by atoms with Crippen molar-refractivity contribution < 1.29 is 9.53 Å². The third kappa shape index (κ3) is 2.38. The molecule has 0 N–H and O–H groups in total. The van der Waals surface area contributed by atoms with E-state index >= 15 is 0 Å². The highest BCUT2D eigenvalue weighted by atomic mass is 32.1. The molecule has 1 aromatic carbocycles. The fourth-order valence-electron chi connectivity index (χ4n) is 1.57. The van der Waals surface area contributed by atoms with E-state index in [9.17, 15) is 4.79 Å². The lowest BCUT2D eigenvalue weighted by Crippen LogP contribution is -1.98. The monoisotopic (exact) mass is 275 g/mol. The fourth-order valence-corrected chi connectivity index (χ4v) is 2.59. The molecule has 2 rings (SSSR count). The number of thiocarbonyl (C=S) groups is 1. The molecule has 0 fully saturated rings. The number of hydrogen-bond donors (Lipinski definition) is 0. The minimum atomic E-state index is -0.411. The lowest BCUT2D eigenvalue weighted by molar-refractivity contribution is 0.0607. The van der Waals surface area contributed by atoms with Crippen molar-refractivity contribution in [3.05, 3.63) is 40.6 Å². The zero-order chi connectivity index (χ0) is 13.0. The quantitative estimate of drug-likeness (QED) is 0.484. The van der Waals surface area contributed by atoms with Crippen molar-refractivity contribution in [2.75, 3.05) is 7.11 Å². The highest BCUT2D eigenvalue weighted by molar-refractivity contribution is 7.78. The van der Waals surface area contributed by atoms with Gasteiger partial charge < -0.3 is 4.74 Å². The Morgan fingerprint density at radius 1 is 1.39 bits per heavy atom. The summed E-state index contributed by atoms with van der Waals surface area (Å²) < 4.78 is 4.72. The van der Waals surface area contributed by atoms with Crippen LogP contribution >= 0.6 is 23.6 Å². The number of esters is 1. The lowest BCUT2D eigenvalue weighted by Gasteiger charge is -2.00. The molecule has 1 aromatic heterocycles. The van der Waals surface area contributed by atoms with E-state index in [1.807, 2.05) is 35.7 Å². The van der Waals surface area contributed by atoms with Gasteiger partial charge >= 0.3 is 5.97 Å². The molecule has 0 amide bonds. The second-order valence-electron chi connectivity index (χ2n) is 3.39. The number of carbonyl (C=O) groups excluding carboxylic acids is 1. The van der Waals surface area contributed by atoms with Crippen LogP contribution in [0.3, 0.4) is 0 Å². The van der Waals surface area contributed by atoms with Gasteiger partial charge in [-0.05, 0) is 17.8 Å². The van der Waals surface area contributed by atoms with E-state index in [0.717, 1.165) is 11.1 Å². The standard InChI is InChI=1S/C13H9NO2S2/c1-16-13(15)12-11(14-8-17)10(7-18-12)9-5-3-2-4-6-9/h2-7H,1H3. The van der Waals surface area contributed by atoms with Crippen molar-refractivity contribution in [2.24, 2.45) is 4.99 Å². The van der Waals surface area contributed by atoms with Crippen LogP contribution in [0.5, 0.6) is 0 Å². The number of methoxy groups -OCH3 is 1. The smallest absolute Gasteiger partial charge is 0.350 e. The molecule has 0 spiro atoms. The summed E-state index contributed by atoms with van der Waals surface area (Å²) in [7, 11) is 1.34. The number of thiophene rings is 1. The minimum absolute atomic E-state index is 0.411. The maximum atomic E-state index is 11.6. The Bertz CT molecular complexity index is 613. The van der Waals surface area contributed by atoms with E-state index in [1.54, 1.807) is 0 Å². The molecular formula is C13H9NO2S2. The molecule has 0 radical (unpaired) electrons. The van der Waals surface area contributed by atoms with Crippen molar-refractivity contribution in [3.8, 4) is 11.1 Å². The molecule has 0 aliphatic heterocycles. The molecule has 90 valence electrons. The second kappa shape index (κ2) is 5.69. The normalized spacial score (nSPS) is 9.61. The predicted molar refractivity (Wildman–Crippen MR) is 75.8 cm³/mol. The summed E-state index contributed by atoms with van der Waals surface area (Å²) in [6.45, 7) is 0. The molecule has 0 bridgehead atoms. The van der Waals surface area contributed by atoms with Gasteiger partial charge in [0.2, 0.25) is 0 Å². The summed E-state index contributed by atoms with van der Waals surface area (Å²) >= 11 is 5.92. The number of isothiocyanates is 1. The Morgan fingerprint density at radius 2 is 2.11 bits per heavy atom. The highest BCUT2D eigenvalue weighted by Gasteiger charge is 2.18. The van der Waals surface area contributed by atoms with E-state index in [1.165, 1.54) is 18.4 Å². The van der Waals surface area contributed by atoms with Gasteiger partial charge in [-0.15, -0.1) is 11.3 Å². The Kier molecular flexibility index (Phi) is 3.99. The van der Waals surface area contributed by atoms with Gasteiger partial charge in [0.25, 0.3) is 0 Å². The molecule has 0 atom stereocenters. The third-order valence-corrected chi connectivity index (χ3v) is 3.42. The zero-order valence-electron chi connectivity index (χ0n) is 9.54. The topological polar surface area (TPSA) is 38.7 Å². The number of nitrogens with zero attached hydrogens (tertiary/aromatic N) is 1. The second-order valence-corrected chi connectivity index (χ2v) is 4.45. The third-order valence-electron chi connectivity index (χ3n) is 2.38. The largest absolute Gasteiger partial charge is 0.465 e. The van der Waals surface area contributed by atoms with Crippen LogP contribution in [0.4, 0.5) is 5.69 Å². The lowest BCUT2D eigenvalue weighted by atomic mass is 10.1. The van der Waals surface area contributed by atoms with Gasteiger partial charge in [-0.1, -0.05) is 30.3 Å². The Balaban J connectivity index is 2.59. The predicted octanol–water partition coefficient (Wildman–Crippen LogP) is 3.94. The highest BCUT2D eigenvalue weighted by Crippen LogP contribution is 2.38. The molecule has 1 heterocycles. The molecule has 18 heavy (non-hydrogen) atoms. The average Bonchev–Trinajstić information content (AvgIpc) is 2.83. The average molecular weight is 275 g/mol. The van der Waals surface area contributed by atoms with Crippen LogP contribution in [0.2, 0.25) is 0 Å². The molecular weight excluding hydrogens is 266 g/mol. The SMILES string of the molecule is COC(=O)c1scc(-c2ccccc2)c1N=C=S. The van der Waals surface area contributed by atoms with Gasteiger partial charge in [0.15, 0.2) is 0 Å². The van der Waals surface area contributed by atoms with Gasteiger partial charge in [-0.3, -0.25) is 0 Å². The molecule has 0 aliphatic rings. The fraction of sp³-hybridized carbons (Fsp3) is 0.0769. The Hall–Kier alpha value is -1.81. The summed E-state index contributed by atoms with van der Waals surface area (Å²) in [6.07, 6.45) is 0. The summed E-state index contributed by atoms with van der Waals surface area (Å²) in [6, 6.07) is 9.68. The van der Waals surface area contributed by atoms with Crippen molar-refractivity contribution >= 4 is 40.4 Å². The van der Waals surface area contributed by atoms with Crippen molar-refractivity contribution in [1.82, 2.24) is 0 Å². The summed E-state index contributed by atoms with van der Waals surface area (Å²) in [5.41, 5.74) is 2.36. The van der Waals surface area contributed by atoms with Gasteiger partial charge in [0, 0.05) is 10.9 Å². The number of hydrogen-bond acceptors (Lipinski definition) is 5. The number of benzene rings is 1. The number of carbonyl (C=O) groups is 1. The van der Waals surface area contributed by atoms with Crippen LogP contribution in [0, 0.1) is 0 Å². The first-order chi connectivity index (χ1) is 8.77. The number of rotatable bonds is 3. The molecule has 0 saturated carbocycles. The van der Waals surface area contributed by atoms with Crippen LogP contribution in [0.15, 0.2) is 40.7 Å². The van der Waals surface area contributed by atoms with E-state index in [0.29, 0.717) is 10.6 Å². The first-order valence-corrected chi connectivity index (χ1v) is 6.39. The van der Waals surface area contributed by atoms with Crippen molar-refractivity contribution in [3.63, 3.8) is 0 Å². The first-order valence-electron chi connectivity index (χ1n) is 5.11. The van der Waals surface area contributed by atoms with Gasteiger partial charge in [-0.2, -0.15) is 4.99 Å². The van der Waals surface area contributed by atoms with Crippen LogP contribution in [-0.4, -0.2) is 18.2 Å². The van der Waals surface area contributed by atoms with Crippen molar-refractivity contribution in [2.45, 2.75) is 0 Å². The summed E-state index contributed by atoms with van der Waals surface area (Å²) in [4.78, 5) is 16.0. The first kappa shape index (κ1) is 12.6. The summed E-state index contributed by atoms with van der Waals surface area (Å²) in [5.74, 6) is -0.411.